The predicted molar refractivity (Wildman–Crippen MR) is 125 cm³/mol. The minimum absolute atomic E-state index is 0.0294. The summed E-state index contributed by atoms with van der Waals surface area (Å²) in [5.74, 6) is -3.40. The molecule has 0 radical (unpaired) electrons. The quantitative estimate of drug-likeness (QED) is 0.234. The first-order chi connectivity index (χ1) is 15.7. The summed E-state index contributed by atoms with van der Waals surface area (Å²) in [5, 5.41) is 16.4. The number of aliphatic carboxylic acids is 1. The highest BCUT2D eigenvalue weighted by Crippen LogP contribution is 2.15. The number of rotatable bonds is 11. The Labute approximate surface area is 198 Å². The van der Waals surface area contributed by atoms with E-state index in [2.05, 4.69) is 16.0 Å². The Morgan fingerprint density at radius 2 is 1.65 bits per heavy atom. The summed E-state index contributed by atoms with van der Waals surface area (Å²) in [5.41, 5.74) is 5.43. The molecule has 0 aliphatic carbocycles. The van der Waals surface area contributed by atoms with E-state index in [-0.39, 0.29) is 23.6 Å². The first kappa shape index (κ1) is 28.4. The lowest BCUT2D eigenvalue weighted by Gasteiger charge is -2.23. The van der Waals surface area contributed by atoms with Crippen LogP contribution in [0.1, 0.15) is 57.8 Å². The monoisotopic (exact) mass is 478 g/mol. The van der Waals surface area contributed by atoms with Gasteiger partial charge in [-0.1, -0.05) is 26.0 Å². The number of amides is 3. The van der Waals surface area contributed by atoms with Crippen molar-refractivity contribution < 1.29 is 33.8 Å². The normalized spacial score (nSPS) is 12.9. The van der Waals surface area contributed by atoms with Gasteiger partial charge in [-0.05, 0) is 45.2 Å². The highest BCUT2D eigenvalue weighted by molar-refractivity contribution is 6.04. The second-order valence-electron chi connectivity index (χ2n) is 9.22. The van der Waals surface area contributed by atoms with Crippen LogP contribution in [0.4, 0.5) is 10.5 Å². The summed E-state index contributed by atoms with van der Waals surface area (Å²) in [6.07, 6.45) is -1.15. The van der Waals surface area contributed by atoms with E-state index in [9.17, 15) is 29.1 Å². The number of carbonyl (C=O) groups is 5. The SMILES string of the molecule is CC(C)C[C@H](NC(=O)[C@H](CC(=O)c1ccccc1N)NC(=O)CNC(=O)OC(C)(C)C)C(=O)O. The van der Waals surface area contributed by atoms with Crippen LogP contribution in [-0.2, 0) is 19.1 Å². The number of carboxylic acids is 1. The van der Waals surface area contributed by atoms with E-state index in [1.165, 1.54) is 12.1 Å². The van der Waals surface area contributed by atoms with Crippen molar-refractivity contribution in [2.75, 3.05) is 12.3 Å². The summed E-state index contributed by atoms with van der Waals surface area (Å²) in [7, 11) is 0. The van der Waals surface area contributed by atoms with Crippen molar-refractivity contribution in [1.29, 1.82) is 0 Å². The third-order valence-electron chi connectivity index (χ3n) is 4.42. The van der Waals surface area contributed by atoms with Crippen molar-refractivity contribution in [2.45, 2.75) is 65.1 Å². The minimum atomic E-state index is -1.39. The highest BCUT2D eigenvalue weighted by Gasteiger charge is 2.29. The lowest BCUT2D eigenvalue weighted by Crippen LogP contribution is -2.54. The molecule has 0 aliphatic rings. The largest absolute Gasteiger partial charge is 0.480 e. The number of ether oxygens (including phenoxy) is 1. The average molecular weight is 479 g/mol. The number of anilines is 1. The third kappa shape index (κ3) is 10.3. The zero-order valence-corrected chi connectivity index (χ0v) is 20.1. The van der Waals surface area contributed by atoms with Crippen molar-refractivity contribution in [3.05, 3.63) is 29.8 Å². The maximum atomic E-state index is 12.9. The second-order valence-corrected chi connectivity index (χ2v) is 9.22. The van der Waals surface area contributed by atoms with E-state index in [0.29, 0.717) is 0 Å². The fraction of sp³-hybridized carbons (Fsp3) is 0.522. The first-order valence-electron chi connectivity index (χ1n) is 10.9. The summed E-state index contributed by atoms with van der Waals surface area (Å²) in [6, 6.07) is 3.65. The summed E-state index contributed by atoms with van der Waals surface area (Å²) >= 11 is 0. The topological polar surface area (TPSA) is 177 Å². The van der Waals surface area contributed by atoms with Crippen LogP contribution in [0.3, 0.4) is 0 Å². The molecule has 6 N–H and O–H groups in total. The van der Waals surface area contributed by atoms with Gasteiger partial charge in [0.25, 0.3) is 0 Å². The number of nitrogens with one attached hydrogen (secondary N) is 3. The van der Waals surface area contributed by atoms with Gasteiger partial charge in [-0.2, -0.15) is 0 Å². The molecule has 1 aromatic carbocycles. The van der Waals surface area contributed by atoms with Crippen LogP contribution < -0.4 is 21.7 Å². The molecule has 0 bridgehead atoms. The number of nitrogen functional groups attached to an aromatic ring is 1. The van der Waals surface area contributed by atoms with E-state index in [0.717, 1.165) is 0 Å². The smallest absolute Gasteiger partial charge is 0.408 e. The van der Waals surface area contributed by atoms with Crippen LogP contribution >= 0.6 is 0 Å². The molecule has 188 valence electrons. The van der Waals surface area contributed by atoms with Crippen LogP contribution in [0.5, 0.6) is 0 Å². The minimum Gasteiger partial charge on any atom is -0.480 e. The molecule has 1 aromatic rings. The number of para-hydroxylation sites is 1. The number of ketones is 1. The van der Waals surface area contributed by atoms with E-state index in [1.54, 1.807) is 46.8 Å². The third-order valence-corrected chi connectivity index (χ3v) is 4.42. The van der Waals surface area contributed by atoms with Gasteiger partial charge in [-0.25, -0.2) is 9.59 Å². The van der Waals surface area contributed by atoms with Crippen LogP contribution in [0.25, 0.3) is 0 Å². The second kappa shape index (κ2) is 12.6. The Morgan fingerprint density at radius 3 is 2.18 bits per heavy atom. The van der Waals surface area contributed by atoms with Gasteiger partial charge in [0.15, 0.2) is 5.78 Å². The average Bonchev–Trinajstić information content (AvgIpc) is 2.69. The maximum Gasteiger partial charge on any atom is 0.408 e. The molecule has 11 nitrogen and oxygen atoms in total. The van der Waals surface area contributed by atoms with Crippen LogP contribution in [-0.4, -0.2) is 59.0 Å². The van der Waals surface area contributed by atoms with Crippen LogP contribution in [0.15, 0.2) is 24.3 Å². The van der Waals surface area contributed by atoms with Gasteiger partial charge in [0.1, 0.15) is 24.2 Å². The van der Waals surface area contributed by atoms with E-state index >= 15 is 0 Å². The molecule has 3 amide bonds. The standard InChI is InChI=1S/C23H34N4O7/c1-13(2)10-17(21(31)32)27-20(30)16(11-18(28)14-8-6-7-9-15(14)24)26-19(29)12-25-22(33)34-23(3,4)5/h6-9,13,16-17H,10-12,24H2,1-5H3,(H,25,33)(H,26,29)(H,27,30)(H,31,32)/t16-,17-/m0/s1. The summed E-state index contributed by atoms with van der Waals surface area (Å²) < 4.78 is 5.05. The maximum absolute atomic E-state index is 12.9. The molecule has 0 spiro atoms. The number of hydrogen-bond donors (Lipinski definition) is 5. The molecule has 0 aliphatic heterocycles. The van der Waals surface area contributed by atoms with E-state index in [1.807, 2.05) is 0 Å². The molecule has 0 fully saturated rings. The lowest BCUT2D eigenvalue weighted by molar-refractivity contribution is -0.142. The van der Waals surface area contributed by atoms with Gasteiger partial charge in [0, 0.05) is 17.7 Å². The predicted octanol–water partition coefficient (Wildman–Crippen LogP) is 1.47. The summed E-state index contributed by atoms with van der Waals surface area (Å²) in [6.45, 7) is 8.04. The highest BCUT2D eigenvalue weighted by atomic mass is 16.6. The fourth-order valence-corrected chi connectivity index (χ4v) is 2.93. The molecule has 0 saturated heterocycles. The van der Waals surface area contributed by atoms with Gasteiger partial charge >= 0.3 is 12.1 Å². The molecular formula is C23H34N4O7. The Balaban J connectivity index is 2.97. The molecule has 11 heteroatoms. The number of hydrogen-bond acceptors (Lipinski definition) is 7. The molecule has 34 heavy (non-hydrogen) atoms. The molecular weight excluding hydrogens is 444 g/mol. The van der Waals surface area contributed by atoms with Gasteiger partial charge < -0.3 is 31.5 Å². The van der Waals surface area contributed by atoms with Crippen molar-refractivity contribution in [2.24, 2.45) is 5.92 Å². The number of benzene rings is 1. The van der Waals surface area contributed by atoms with Crippen LogP contribution in [0.2, 0.25) is 0 Å². The lowest BCUT2D eigenvalue weighted by atomic mass is 10.00. The number of carboxylic acid groups (broad SMARTS) is 1. The van der Waals surface area contributed by atoms with Crippen LogP contribution in [0, 0.1) is 5.92 Å². The fourth-order valence-electron chi connectivity index (χ4n) is 2.93. The summed E-state index contributed by atoms with van der Waals surface area (Å²) in [4.78, 5) is 61.4. The number of Topliss-reactive ketones (excluding diaryl/α,β-unsaturated/α-hetero) is 1. The Bertz CT molecular complexity index is 909. The number of alkyl carbamates (subject to hydrolysis) is 1. The zero-order valence-electron chi connectivity index (χ0n) is 20.1. The van der Waals surface area contributed by atoms with Gasteiger partial charge in [0.2, 0.25) is 11.8 Å². The molecule has 0 aromatic heterocycles. The Hall–Kier alpha value is -3.63. The Morgan fingerprint density at radius 1 is 1.03 bits per heavy atom. The zero-order chi connectivity index (χ0) is 26.1. The molecule has 0 heterocycles. The van der Waals surface area contributed by atoms with E-state index < -0.39 is 60.3 Å². The van der Waals surface area contributed by atoms with Gasteiger partial charge in [0.05, 0.1) is 0 Å². The molecule has 1 rings (SSSR count). The van der Waals surface area contributed by atoms with Crippen molar-refractivity contribution >= 4 is 35.3 Å². The number of nitrogens with two attached hydrogens (primary N) is 1. The van der Waals surface area contributed by atoms with Gasteiger partial charge in [-0.15, -0.1) is 0 Å². The number of carbonyl (C=O) groups excluding carboxylic acids is 4. The van der Waals surface area contributed by atoms with Gasteiger partial charge in [-0.3, -0.25) is 14.4 Å². The van der Waals surface area contributed by atoms with Crippen molar-refractivity contribution in [1.82, 2.24) is 16.0 Å². The van der Waals surface area contributed by atoms with Crippen molar-refractivity contribution in [3.63, 3.8) is 0 Å². The first-order valence-corrected chi connectivity index (χ1v) is 10.9. The van der Waals surface area contributed by atoms with Crippen molar-refractivity contribution in [3.8, 4) is 0 Å². The Kier molecular flexibility index (Phi) is 10.5. The molecule has 2 atom stereocenters. The molecule has 0 unspecified atom stereocenters. The van der Waals surface area contributed by atoms with E-state index in [4.69, 9.17) is 10.5 Å². The molecule has 0 saturated carbocycles.